The summed E-state index contributed by atoms with van der Waals surface area (Å²) in [4.78, 5) is 13.8. The van der Waals surface area contributed by atoms with Crippen molar-refractivity contribution in [3.63, 3.8) is 0 Å². The molecule has 1 amide bonds. The molecule has 0 radical (unpaired) electrons. The summed E-state index contributed by atoms with van der Waals surface area (Å²) in [5, 5.41) is 3.18. The van der Waals surface area contributed by atoms with Crippen molar-refractivity contribution < 1.29 is 14.3 Å². The number of halogens is 1. The zero-order valence-electron chi connectivity index (χ0n) is 13.7. The zero-order valence-corrected chi connectivity index (χ0v) is 15.3. The number of carbonyl (C=O) groups is 1. The van der Waals surface area contributed by atoms with E-state index in [4.69, 9.17) is 21.1 Å². The minimum Gasteiger partial charge on any atom is -0.495 e. The van der Waals surface area contributed by atoms with Crippen molar-refractivity contribution in [1.82, 2.24) is 0 Å². The van der Waals surface area contributed by atoms with Gasteiger partial charge in [0.25, 0.3) is 0 Å². The van der Waals surface area contributed by atoms with E-state index in [0.29, 0.717) is 22.2 Å². The van der Waals surface area contributed by atoms with Gasteiger partial charge < -0.3 is 14.8 Å². The fourth-order valence-electron chi connectivity index (χ4n) is 2.65. The third-order valence-corrected chi connectivity index (χ3v) is 5.52. The summed E-state index contributed by atoms with van der Waals surface area (Å²) >= 11 is 7.75. The van der Waals surface area contributed by atoms with E-state index in [2.05, 4.69) is 30.4 Å². The molecule has 1 N–H and O–H groups in total. The fourth-order valence-corrected chi connectivity index (χ4v) is 4.18. The highest BCUT2D eigenvalue weighted by atomic mass is 35.5. The lowest BCUT2D eigenvalue weighted by Crippen LogP contribution is -2.24. The molecular weight excluding hydrogens is 346 g/mol. The van der Waals surface area contributed by atoms with Gasteiger partial charge in [-0.2, -0.15) is 0 Å². The molecule has 2 aromatic rings. The van der Waals surface area contributed by atoms with Crippen LogP contribution in [0.1, 0.15) is 11.1 Å². The molecule has 24 heavy (non-hydrogen) atoms. The second-order valence-electron chi connectivity index (χ2n) is 5.60. The van der Waals surface area contributed by atoms with E-state index in [1.807, 2.05) is 0 Å². The largest absolute Gasteiger partial charge is 0.495 e. The van der Waals surface area contributed by atoms with Gasteiger partial charge in [-0.1, -0.05) is 29.3 Å². The first-order valence-corrected chi connectivity index (χ1v) is 8.76. The highest BCUT2D eigenvalue weighted by Gasteiger charge is 2.29. The van der Waals surface area contributed by atoms with Gasteiger partial charge in [-0.15, -0.1) is 11.8 Å². The number of ether oxygens (including phenoxy) is 2. The van der Waals surface area contributed by atoms with E-state index in [1.165, 1.54) is 23.1 Å². The standard InChI is InChI=1S/C18H18ClNO3S/c1-10-4-5-11-7-17(24-16(11)6-10)18(21)20-13-8-12(19)14(22-2)9-15(13)23-3/h4-6,8-9,17H,7H2,1-3H3,(H,20,21)/t17-/m0/s1. The average molecular weight is 364 g/mol. The first-order valence-electron chi connectivity index (χ1n) is 7.50. The molecule has 0 unspecified atom stereocenters. The van der Waals surface area contributed by atoms with Gasteiger partial charge in [0.2, 0.25) is 5.91 Å². The summed E-state index contributed by atoms with van der Waals surface area (Å²) in [7, 11) is 3.08. The number of carbonyl (C=O) groups excluding carboxylic acids is 1. The SMILES string of the molecule is COc1cc(OC)c(NC(=O)[C@@H]2Cc3ccc(C)cc3S2)cc1Cl. The van der Waals surface area contributed by atoms with E-state index in [1.54, 1.807) is 31.0 Å². The molecule has 0 spiro atoms. The molecule has 1 atom stereocenters. The Bertz CT molecular complexity index is 794. The van der Waals surface area contributed by atoms with Gasteiger partial charge in [0.05, 0.1) is 30.2 Å². The summed E-state index contributed by atoms with van der Waals surface area (Å²) in [5.74, 6) is 0.957. The Kier molecular flexibility index (Phi) is 4.92. The van der Waals surface area contributed by atoms with Gasteiger partial charge >= 0.3 is 0 Å². The number of benzene rings is 2. The van der Waals surface area contributed by atoms with Crippen molar-refractivity contribution in [2.24, 2.45) is 0 Å². The summed E-state index contributed by atoms with van der Waals surface area (Å²) < 4.78 is 10.5. The van der Waals surface area contributed by atoms with Crippen molar-refractivity contribution in [2.45, 2.75) is 23.5 Å². The Morgan fingerprint density at radius 2 is 1.96 bits per heavy atom. The molecule has 1 heterocycles. The normalized spacial score (nSPS) is 15.8. The summed E-state index contributed by atoms with van der Waals surface area (Å²) in [6, 6.07) is 9.60. The highest BCUT2D eigenvalue weighted by Crippen LogP contribution is 2.40. The maximum absolute atomic E-state index is 12.6. The van der Waals surface area contributed by atoms with Crippen LogP contribution in [0.4, 0.5) is 5.69 Å². The van der Waals surface area contributed by atoms with E-state index in [-0.39, 0.29) is 11.2 Å². The first-order chi connectivity index (χ1) is 11.5. The molecule has 3 rings (SSSR count). The van der Waals surface area contributed by atoms with Crippen LogP contribution in [0.25, 0.3) is 0 Å². The number of amides is 1. The number of anilines is 1. The molecule has 0 bridgehead atoms. The number of aryl methyl sites for hydroxylation is 1. The molecule has 0 aromatic heterocycles. The molecule has 6 heteroatoms. The molecule has 0 saturated heterocycles. The van der Waals surface area contributed by atoms with Crippen LogP contribution in [0.5, 0.6) is 11.5 Å². The fraction of sp³-hybridized carbons (Fsp3) is 0.278. The molecule has 0 fully saturated rings. The van der Waals surface area contributed by atoms with Crippen LogP contribution in [0.3, 0.4) is 0 Å². The number of hydrogen-bond acceptors (Lipinski definition) is 4. The maximum atomic E-state index is 12.6. The maximum Gasteiger partial charge on any atom is 0.238 e. The minimum absolute atomic E-state index is 0.0617. The Morgan fingerprint density at radius 3 is 2.67 bits per heavy atom. The number of methoxy groups -OCH3 is 2. The molecule has 4 nitrogen and oxygen atoms in total. The lowest BCUT2D eigenvalue weighted by molar-refractivity contribution is -0.115. The minimum atomic E-state index is -0.160. The van der Waals surface area contributed by atoms with E-state index >= 15 is 0 Å². The topological polar surface area (TPSA) is 47.6 Å². The molecule has 0 aliphatic carbocycles. The van der Waals surface area contributed by atoms with Crippen LogP contribution in [0, 0.1) is 6.92 Å². The summed E-state index contributed by atoms with van der Waals surface area (Å²) in [5.41, 5.74) is 2.96. The van der Waals surface area contributed by atoms with Crippen molar-refractivity contribution in [2.75, 3.05) is 19.5 Å². The van der Waals surface area contributed by atoms with Gasteiger partial charge in [0, 0.05) is 11.0 Å². The van der Waals surface area contributed by atoms with Gasteiger partial charge in [-0.3, -0.25) is 4.79 Å². The van der Waals surface area contributed by atoms with Crippen LogP contribution < -0.4 is 14.8 Å². The molecular formula is C18H18ClNO3S. The molecule has 1 aliphatic rings. The Morgan fingerprint density at radius 1 is 1.21 bits per heavy atom. The van der Waals surface area contributed by atoms with Crippen LogP contribution >= 0.6 is 23.4 Å². The summed E-state index contributed by atoms with van der Waals surface area (Å²) in [6.45, 7) is 2.05. The van der Waals surface area contributed by atoms with Crippen molar-refractivity contribution >= 4 is 35.0 Å². The zero-order chi connectivity index (χ0) is 17.3. The van der Waals surface area contributed by atoms with Crippen molar-refractivity contribution in [1.29, 1.82) is 0 Å². The lowest BCUT2D eigenvalue weighted by atomic mass is 10.1. The molecule has 126 valence electrons. The van der Waals surface area contributed by atoms with Crippen LogP contribution in [0.15, 0.2) is 35.2 Å². The predicted molar refractivity (Wildman–Crippen MR) is 97.7 cm³/mol. The second kappa shape index (κ2) is 6.95. The number of hydrogen-bond donors (Lipinski definition) is 1. The predicted octanol–water partition coefficient (Wildman–Crippen LogP) is 4.32. The average Bonchev–Trinajstić information content (AvgIpc) is 2.98. The monoisotopic (exact) mass is 363 g/mol. The van der Waals surface area contributed by atoms with Crippen molar-refractivity contribution in [3.8, 4) is 11.5 Å². The van der Waals surface area contributed by atoms with Crippen LogP contribution in [-0.4, -0.2) is 25.4 Å². The van der Waals surface area contributed by atoms with Crippen molar-refractivity contribution in [3.05, 3.63) is 46.5 Å². The van der Waals surface area contributed by atoms with Gasteiger partial charge in [-0.05, 0) is 31.0 Å². The quantitative estimate of drug-likeness (QED) is 0.878. The Labute approximate surface area is 150 Å². The number of fused-ring (bicyclic) bond motifs is 1. The lowest BCUT2D eigenvalue weighted by Gasteiger charge is -2.15. The van der Waals surface area contributed by atoms with E-state index in [0.717, 1.165) is 6.42 Å². The highest BCUT2D eigenvalue weighted by molar-refractivity contribution is 8.01. The summed E-state index contributed by atoms with van der Waals surface area (Å²) in [6.07, 6.45) is 0.721. The Balaban J connectivity index is 1.78. The molecule has 0 saturated carbocycles. The first kappa shape index (κ1) is 17.0. The number of rotatable bonds is 4. The van der Waals surface area contributed by atoms with Crippen LogP contribution in [-0.2, 0) is 11.2 Å². The number of nitrogens with one attached hydrogen (secondary N) is 1. The second-order valence-corrected chi connectivity index (χ2v) is 7.25. The number of thioether (sulfide) groups is 1. The van der Waals surface area contributed by atoms with E-state index < -0.39 is 0 Å². The van der Waals surface area contributed by atoms with E-state index in [9.17, 15) is 4.79 Å². The third kappa shape index (κ3) is 3.32. The molecule has 2 aromatic carbocycles. The van der Waals surface area contributed by atoms with Gasteiger partial charge in [-0.25, -0.2) is 0 Å². The Hall–Kier alpha value is -1.85. The molecule has 1 aliphatic heterocycles. The third-order valence-electron chi connectivity index (χ3n) is 3.92. The van der Waals surface area contributed by atoms with Gasteiger partial charge in [0.15, 0.2) is 0 Å². The van der Waals surface area contributed by atoms with Gasteiger partial charge in [0.1, 0.15) is 11.5 Å². The smallest absolute Gasteiger partial charge is 0.238 e. The van der Waals surface area contributed by atoms with Crippen LogP contribution in [0.2, 0.25) is 5.02 Å².